The van der Waals surface area contributed by atoms with Gasteiger partial charge in [0, 0.05) is 19.3 Å². The third kappa shape index (κ3) is 37.1. The smallest absolute Gasteiger partial charge is 0.362 e. The van der Waals surface area contributed by atoms with E-state index in [1.807, 2.05) is 21.1 Å². The average Bonchev–Trinajstić information content (AvgIpc) is 3.15. The summed E-state index contributed by atoms with van der Waals surface area (Å²) in [6.45, 7) is 4.70. The van der Waals surface area contributed by atoms with Crippen molar-refractivity contribution in [1.29, 1.82) is 0 Å². The molecule has 0 aromatic rings. The van der Waals surface area contributed by atoms with Gasteiger partial charge in [-0.25, -0.2) is 4.79 Å². The average molecular weight is 791 g/mol. The maximum absolute atomic E-state index is 12.7. The SMILES string of the molecule is CCCCC/C=C\C/C=C\C/C=C\CCCCCCCCC(=O)OC(COCCC(C(=O)O)[N+](C)(C)C)COC(=O)CCCCCCCCCCCCCCC. The van der Waals surface area contributed by atoms with Crippen LogP contribution in [-0.2, 0) is 28.6 Å². The Morgan fingerprint density at radius 2 is 0.946 bits per heavy atom. The number of unbranched alkanes of at least 4 members (excludes halogenated alkanes) is 21. The van der Waals surface area contributed by atoms with E-state index in [1.54, 1.807) is 0 Å². The Hall–Kier alpha value is -2.45. The number of carboxylic acid groups (broad SMARTS) is 1. The van der Waals surface area contributed by atoms with Gasteiger partial charge in [0.05, 0.1) is 34.4 Å². The second kappa shape index (κ2) is 39.4. The van der Waals surface area contributed by atoms with E-state index in [9.17, 15) is 19.5 Å². The van der Waals surface area contributed by atoms with Crippen molar-refractivity contribution in [1.82, 2.24) is 0 Å². The van der Waals surface area contributed by atoms with E-state index in [2.05, 4.69) is 50.3 Å². The minimum atomic E-state index is -0.876. The Morgan fingerprint density at radius 3 is 1.43 bits per heavy atom. The van der Waals surface area contributed by atoms with Crippen molar-refractivity contribution < 1.29 is 38.2 Å². The summed E-state index contributed by atoms with van der Waals surface area (Å²) in [4.78, 5) is 37.0. The van der Waals surface area contributed by atoms with Gasteiger partial charge in [-0.15, -0.1) is 0 Å². The molecule has 0 aliphatic carbocycles. The van der Waals surface area contributed by atoms with E-state index in [0.29, 0.717) is 19.3 Å². The minimum absolute atomic E-state index is 0.0536. The largest absolute Gasteiger partial charge is 0.477 e. The van der Waals surface area contributed by atoms with Crippen LogP contribution in [0.15, 0.2) is 36.5 Å². The standard InChI is InChI=1S/C48H87NO7/c1-6-8-10-12-14-16-18-20-21-22-23-24-25-27-29-31-33-35-37-39-47(51)56-44(42-54-41-40-45(48(52)53)49(3,4)5)43-55-46(50)38-36-34-32-30-28-26-19-17-15-13-11-9-7-2/h14,16,20-21,23-24,44-45H,6-13,15,17-19,22,25-43H2,1-5H3/p+1/b16-14-,21-20-,24-23-. The number of hydrogen-bond acceptors (Lipinski definition) is 6. The molecule has 0 aromatic carbocycles. The fraction of sp³-hybridized carbons (Fsp3) is 0.812. The number of carbonyl (C=O) groups excluding carboxylic acids is 2. The van der Waals surface area contributed by atoms with Crippen LogP contribution < -0.4 is 0 Å². The lowest BCUT2D eigenvalue weighted by Crippen LogP contribution is -2.50. The maximum atomic E-state index is 12.7. The number of aliphatic carboxylic acids is 1. The minimum Gasteiger partial charge on any atom is -0.477 e. The molecule has 0 fully saturated rings. The van der Waals surface area contributed by atoms with Crippen molar-refractivity contribution in [2.45, 2.75) is 212 Å². The summed E-state index contributed by atoms with van der Waals surface area (Å²) in [6.07, 6.45) is 44.6. The van der Waals surface area contributed by atoms with Crippen molar-refractivity contribution in [3.63, 3.8) is 0 Å². The monoisotopic (exact) mass is 791 g/mol. The van der Waals surface area contributed by atoms with Crippen molar-refractivity contribution in [3.8, 4) is 0 Å². The van der Waals surface area contributed by atoms with Gasteiger partial charge in [-0.1, -0.05) is 166 Å². The van der Waals surface area contributed by atoms with Gasteiger partial charge in [0.2, 0.25) is 0 Å². The lowest BCUT2D eigenvalue weighted by molar-refractivity contribution is -0.887. The quantitative estimate of drug-likeness (QED) is 0.0285. The Labute approximate surface area is 344 Å². The predicted molar refractivity (Wildman–Crippen MR) is 234 cm³/mol. The van der Waals surface area contributed by atoms with Crippen LogP contribution in [0.2, 0.25) is 0 Å². The van der Waals surface area contributed by atoms with Crippen molar-refractivity contribution in [2.24, 2.45) is 0 Å². The first kappa shape index (κ1) is 53.6. The highest BCUT2D eigenvalue weighted by Gasteiger charge is 2.31. The maximum Gasteiger partial charge on any atom is 0.362 e. The molecule has 8 nitrogen and oxygen atoms in total. The van der Waals surface area contributed by atoms with Gasteiger partial charge in [0.15, 0.2) is 12.1 Å². The van der Waals surface area contributed by atoms with Gasteiger partial charge in [0.25, 0.3) is 0 Å². The zero-order valence-electron chi connectivity index (χ0n) is 37.1. The van der Waals surface area contributed by atoms with Crippen molar-refractivity contribution in [3.05, 3.63) is 36.5 Å². The van der Waals surface area contributed by atoms with E-state index in [1.165, 1.54) is 103 Å². The first-order valence-electron chi connectivity index (χ1n) is 23.0. The molecule has 1 N–H and O–H groups in total. The third-order valence-electron chi connectivity index (χ3n) is 10.3. The number of carboxylic acids is 1. The predicted octanol–water partition coefficient (Wildman–Crippen LogP) is 12.6. The first-order chi connectivity index (χ1) is 27.1. The van der Waals surface area contributed by atoms with Gasteiger partial charge in [-0.05, 0) is 51.4 Å². The molecule has 326 valence electrons. The first-order valence-corrected chi connectivity index (χ1v) is 23.0. The lowest BCUT2D eigenvalue weighted by Gasteiger charge is -2.31. The highest BCUT2D eigenvalue weighted by Crippen LogP contribution is 2.15. The number of quaternary nitrogens is 1. The molecule has 2 unspecified atom stereocenters. The van der Waals surface area contributed by atoms with E-state index in [4.69, 9.17) is 14.2 Å². The number of likely N-dealkylation sites (N-methyl/N-ethyl adjacent to an activating group) is 1. The highest BCUT2D eigenvalue weighted by atomic mass is 16.6. The molecule has 56 heavy (non-hydrogen) atoms. The Morgan fingerprint density at radius 1 is 0.536 bits per heavy atom. The van der Waals surface area contributed by atoms with Gasteiger partial charge in [0.1, 0.15) is 6.61 Å². The molecular weight excluding hydrogens is 703 g/mol. The number of nitrogens with zero attached hydrogens (tertiary/aromatic N) is 1. The van der Waals surface area contributed by atoms with Crippen molar-refractivity contribution >= 4 is 17.9 Å². The second-order valence-electron chi connectivity index (χ2n) is 16.7. The molecule has 0 aliphatic heterocycles. The summed E-state index contributed by atoms with van der Waals surface area (Å²) < 4.78 is 17.3. The number of carbonyl (C=O) groups is 3. The molecule has 0 radical (unpaired) electrons. The molecule has 0 aromatic heterocycles. The van der Waals surface area contributed by atoms with Crippen LogP contribution >= 0.6 is 0 Å². The Kier molecular flexibility index (Phi) is 37.7. The Bertz CT molecular complexity index is 1020. The van der Waals surface area contributed by atoms with Crippen LogP contribution in [0, 0.1) is 0 Å². The fourth-order valence-corrected chi connectivity index (χ4v) is 6.69. The van der Waals surface area contributed by atoms with Crippen LogP contribution in [0.1, 0.15) is 200 Å². The number of rotatable bonds is 41. The number of hydrogen-bond donors (Lipinski definition) is 1. The van der Waals surface area contributed by atoms with E-state index < -0.39 is 18.1 Å². The fourth-order valence-electron chi connectivity index (χ4n) is 6.69. The van der Waals surface area contributed by atoms with Crippen LogP contribution in [0.4, 0.5) is 0 Å². The molecule has 0 saturated heterocycles. The zero-order valence-corrected chi connectivity index (χ0v) is 37.1. The molecule has 0 amide bonds. The summed E-state index contributed by atoms with van der Waals surface area (Å²) >= 11 is 0. The molecule has 2 atom stereocenters. The number of allylic oxidation sites excluding steroid dienone is 6. The van der Waals surface area contributed by atoms with E-state index in [-0.39, 0.29) is 36.2 Å². The van der Waals surface area contributed by atoms with E-state index in [0.717, 1.165) is 64.2 Å². The third-order valence-corrected chi connectivity index (χ3v) is 10.3. The number of esters is 2. The molecule has 0 heterocycles. The Balaban J connectivity index is 4.33. The summed E-state index contributed by atoms with van der Waals surface area (Å²) in [6, 6.07) is -0.615. The van der Waals surface area contributed by atoms with Crippen LogP contribution in [0.3, 0.4) is 0 Å². The highest BCUT2D eigenvalue weighted by molar-refractivity contribution is 5.72. The van der Waals surface area contributed by atoms with Gasteiger partial charge >= 0.3 is 17.9 Å². The summed E-state index contributed by atoms with van der Waals surface area (Å²) in [5.74, 6) is -1.48. The molecule has 0 bridgehead atoms. The topological polar surface area (TPSA) is 99.1 Å². The zero-order chi connectivity index (χ0) is 41.4. The lowest BCUT2D eigenvalue weighted by atomic mass is 10.0. The summed E-state index contributed by atoms with van der Waals surface area (Å²) in [7, 11) is 5.53. The molecule has 8 heteroatoms. The van der Waals surface area contributed by atoms with E-state index >= 15 is 0 Å². The van der Waals surface area contributed by atoms with Crippen molar-refractivity contribution in [2.75, 3.05) is 41.0 Å². The van der Waals surface area contributed by atoms with Crippen LogP contribution in [-0.4, -0.2) is 80.6 Å². The summed E-state index contributed by atoms with van der Waals surface area (Å²) in [5.41, 5.74) is 0. The second-order valence-corrected chi connectivity index (χ2v) is 16.7. The van der Waals surface area contributed by atoms with Crippen LogP contribution in [0.25, 0.3) is 0 Å². The van der Waals surface area contributed by atoms with Gasteiger partial charge in [-0.2, -0.15) is 0 Å². The molecule has 0 aliphatic rings. The van der Waals surface area contributed by atoms with Gasteiger partial charge < -0.3 is 23.8 Å². The normalized spacial score (nSPS) is 13.2. The van der Waals surface area contributed by atoms with Gasteiger partial charge in [-0.3, -0.25) is 9.59 Å². The van der Waals surface area contributed by atoms with Crippen LogP contribution in [0.5, 0.6) is 0 Å². The molecule has 0 rings (SSSR count). The number of ether oxygens (including phenoxy) is 3. The molecule has 0 saturated carbocycles. The summed E-state index contributed by atoms with van der Waals surface area (Å²) in [5, 5.41) is 9.62. The molecular formula is C48H88NO7+. The molecule has 0 spiro atoms.